The van der Waals surface area contributed by atoms with Gasteiger partial charge < -0.3 is 14.5 Å². The third-order valence-electron chi connectivity index (χ3n) is 2.58. The number of esters is 1. The summed E-state index contributed by atoms with van der Waals surface area (Å²) in [5.41, 5.74) is 0. The van der Waals surface area contributed by atoms with Crippen molar-refractivity contribution < 1.29 is 14.3 Å². The highest BCUT2D eigenvalue weighted by Crippen LogP contribution is 2.04. The zero-order valence-corrected chi connectivity index (χ0v) is 11.5. The van der Waals surface area contributed by atoms with Crippen LogP contribution in [0, 0.1) is 5.92 Å². The molecule has 0 radical (unpaired) electrons. The van der Waals surface area contributed by atoms with Gasteiger partial charge in [0.1, 0.15) is 0 Å². The van der Waals surface area contributed by atoms with Crippen LogP contribution >= 0.6 is 0 Å². The van der Waals surface area contributed by atoms with E-state index in [-0.39, 0.29) is 17.8 Å². The number of nitrogens with zero attached hydrogens (tertiary/aromatic N) is 2. The van der Waals surface area contributed by atoms with Crippen molar-refractivity contribution in [2.75, 3.05) is 40.8 Å². The quantitative estimate of drug-likeness (QED) is 0.615. The third kappa shape index (κ3) is 6.94. The van der Waals surface area contributed by atoms with E-state index in [2.05, 4.69) is 9.64 Å². The Morgan fingerprint density at radius 1 is 1.24 bits per heavy atom. The molecule has 0 bridgehead atoms. The molecule has 0 heterocycles. The summed E-state index contributed by atoms with van der Waals surface area (Å²) in [6.45, 7) is 5.33. The summed E-state index contributed by atoms with van der Waals surface area (Å²) in [5, 5.41) is 0. The number of carbonyl (C=O) groups excluding carboxylic acids is 2. The molecular weight excluding hydrogens is 220 g/mol. The van der Waals surface area contributed by atoms with Crippen molar-refractivity contribution in [2.24, 2.45) is 5.92 Å². The molecule has 1 amide bonds. The first-order valence-corrected chi connectivity index (χ1v) is 5.86. The summed E-state index contributed by atoms with van der Waals surface area (Å²) in [4.78, 5) is 26.5. The Balaban J connectivity index is 4.15. The van der Waals surface area contributed by atoms with E-state index in [1.165, 1.54) is 14.0 Å². The van der Waals surface area contributed by atoms with Crippen LogP contribution in [-0.4, -0.2) is 62.5 Å². The lowest BCUT2D eigenvalue weighted by Gasteiger charge is -2.24. The Labute approximate surface area is 104 Å². The Hall–Kier alpha value is -1.10. The van der Waals surface area contributed by atoms with Gasteiger partial charge in [0.25, 0.3) is 0 Å². The molecule has 1 unspecified atom stereocenters. The minimum Gasteiger partial charge on any atom is -0.469 e. The molecule has 0 spiro atoms. The molecule has 0 saturated carbocycles. The average Bonchev–Trinajstić information content (AvgIpc) is 2.25. The van der Waals surface area contributed by atoms with Gasteiger partial charge in [0.05, 0.1) is 13.0 Å². The number of methoxy groups -OCH3 is 1. The molecule has 100 valence electrons. The van der Waals surface area contributed by atoms with Crippen molar-refractivity contribution in [2.45, 2.75) is 20.3 Å². The zero-order chi connectivity index (χ0) is 13.4. The molecule has 0 aromatic heterocycles. The zero-order valence-electron chi connectivity index (χ0n) is 11.5. The summed E-state index contributed by atoms with van der Waals surface area (Å²) in [7, 11) is 5.35. The van der Waals surface area contributed by atoms with E-state index in [9.17, 15) is 9.59 Å². The molecule has 17 heavy (non-hydrogen) atoms. The maximum Gasteiger partial charge on any atom is 0.310 e. The maximum atomic E-state index is 11.4. The van der Waals surface area contributed by atoms with Gasteiger partial charge in [-0.3, -0.25) is 9.59 Å². The molecule has 0 aliphatic carbocycles. The molecule has 0 N–H and O–H groups in total. The maximum absolute atomic E-state index is 11.4. The first-order valence-electron chi connectivity index (χ1n) is 5.86. The molecule has 5 heteroatoms. The first-order chi connectivity index (χ1) is 7.88. The summed E-state index contributed by atoms with van der Waals surface area (Å²) < 4.78 is 4.65. The van der Waals surface area contributed by atoms with Crippen molar-refractivity contribution in [3.8, 4) is 0 Å². The van der Waals surface area contributed by atoms with Gasteiger partial charge in [-0.15, -0.1) is 0 Å². The number of hydrogen-bond acceptors (Lipinski definition) is 4. The van der Waals surface area contributed by atoms with Gasteiger partial charge in [-0.1, -0.05) is 6.92 Å². The van der Waals surface area contributed by atoms with Gasteiger partial charge in [0.15, 0.2) is 0 Å². The SMILES string of the molecule is COC(=O)C(C)CN(CCCN(C)C)C(C)=O. The normalized spacial score (nSPS) is 12.4. The number of hydrogen-bond donors (Lipinski definition) is 0. The fourth-order valence-corrected chi connectivity index (χ4v) is 1.56. The van der Waals surface area contributed by atoms with Crippen LogP contribution in [-0.2, 0) is 14.3 Å². The van der Waals surface area contributed by atoms with E-state index in [1.807, 2.05) is 14.1 Å². The molecule has 0 fully saturated rings. The lowest BCUT2D eigenvalue weighted by atomic mass is 10.1. The van der Waals surface area contributed by atoms with Crippen LogP contribution in [0.15, 0.2) is 0 Å². The summed E-state index contributed by atoms with van der Waals surface area (Å²) in [5.74, 6) is -0.549. The minimum atomic E-state index is -0.275. The van der Waals surface area contributed by atoms with Crippen LogP contribution in [0.4, 0.5) is 0 Å². The van der Waals surface area contributed by atoms with Gasteiger partial charge in [0.2, 0.25) is 5.91 Å². The Bertz CT molecular complexity index is 254. The highest BCUT2D eigenvalue weighted by molar-refractivity contribution is 5.76. The summed E-state index contributed by atoms with van der Waals surface area (Å²) in [6.07, 6.45) is 0.903. The van der Waals surface area contributed by atoms with Crippen molar-refractivity contribution in [1.29, 1.82) is 0 Å². The van der Waals surface area contributed by atoms with Crippen molar-refractivity contribution in [3.05, 3.63) is 0 Å². The van der Waals surface area contributed by atoms with Gasteiger partial charge >= 0.3 is 5.97 Å². The van der Waals surface area contributed by atoms with E-state index in [4.69, 9.17) is 0 Å². The topological polar surface area (TPSA) is 49.9 Å². The van der Waals surface area contributed by atoms with Crippen LogP contribution in [0.3, 0.4) is 0 Å². The standard InChI is InChI=1S/C12H24N2O3/c1-10(12(16)17-5)9-14(11(2)15)8-6-7-13(3)4/h10H,6-9H2,1-5H3. The van der Waals surface area contributed by atoms with Crippen LogP contribution in [0.2, 0.25) is 0 Å². The number of carbonyl (C=O) groups is 2. The second-order valence-corrected chi connectivity index (χ2v) is 4.55. The van der Waals surface area contributed by atoms with Crippen LogP contribution in [0.1, 0.15) is 20.3 Å². The monoisotopic (exact) mass is 244 g/mol. The fourth-order valence-electron chi connectivity index (χ4n) is 1.56. The largest absolute Gasteiger partial charge is 0.469 e. The Morgan fingerprint density at radius 3 is 2.24 bits per heavy atom. The van der Waals surface area contributed by atoms with Crippen molar-refractivity contribution in [1.82, 2.24) is 9.80 Å². The third-order valence-corrected chi connectivity index (χ3v) is 2.58. The lowest BCUT2D eigenvalue weighted by molar-refractivity contribution is -0.146. The average molecular weight is 244 g/mol. The number of rotatable bonds is 7. The smallest absolute Gasteiger partial charge is 0.310 e. The molecular formula is C12H24N2O3. The molecule has 0 aromatic rings. The van der Waals surface area contributed by atoms with Crippen molar-refractivity contribution in [3.63, 3.8) is 0 Å². The first kappa shape index (κ1) is 15.9. The van der Waals surface area contributed by atoms with Crippen LogP contribution in [0.25, 0.3) is 0 Å². The van der Waals surface area contributed by atoms with E-state index in [1.54, 1.807) is 11.8 Å². The number of ether oxygens (including phenoxy) is 1. The molecule has 0 aromatic carbocycles. The van der Waals surface area contributed by atoms with Gasteiger partial charge in [0, 0.05) is 20.0 Å². The number of amides is 1. The summed E-state index contributed by atoms with van der Waals surface area (Å²) >= 11 is 0. The van der Waals surface area contributed by atoms with Gasteiger partial charge in [-0.2, -0.15) is 0 Å². The lowest BCUT2D eigenvalue weighted by Crippen LogP contribution is -2.37. The Morgan fingerprint density at radius 2 is 1.82 bits per heavy atom. The predicted molar refractivity (Wildman–Crippen MR) is 66.6 cm³/mol. The second-order valence-electron chi connectivity index (χ2n) is 4.55. The van der Waals surface area contributed by atoms with E-state index in [0.29, 0.717) is 13.1 Å². The van der Waals surface area contributed by atoms with E-state index >= 15 is 0 Å². The van der Waals surface area contributed by atoms with E-state index < -0.39 is 0 Å². The molecule has 5 nitrogen and oxygen atoms in total. The van der Waals surface area contributed by atoms with Crippen molar-refractivity contribution >= 4 is 11.9 Å². The highest BCUT2D eigenvalue weighted by atomic mass is 16.5. The molecule has 0 saturated heterocycles. The molecule has 0 aliphatic heterocycles. The highest BCUT2D eigenvalue weighted by Gasteiger charge is 2.18. The van der Waals surface area contributed by atoms with Gasteiger partial charge in [-0.25, -0.2) is 0 Å². The fraction of sp³-hybridized carbons (Fsp3) is 0.833. The van der Waals surface area contributed by atoms with E-state index in [0.717, 1.165) is 13.0 Å². The molecule has 0 aliphatic rings. The summed E-state index contributed by atoms with van der Waals surface area (Å²) in [6, 6.07) is 0. The minimum absolute atomic E-state index is 0.000454. The van der Waals surface area contributed by atoms with Crippen LogP contribution in [0.5, 0.6) is 0 Å². The van der Waals surface area contributed by atoms with Gasteiger partial charge in [-0.05, 0) is 27.1 Å². The van der Waals surface area contributed by atoms with Crippen LogP contribution < -0.4 is 0 Å². The molecule has 0 rings (SSSR count). The molecule has 1 atom stereocenters. The Kier molecular flexibility index (Phi) is 7.54. The second kappa shape index (κ2) is 8.06. The predicted octanol–water partition coefficient (Wildman–Crippen LogP) is 0.596.